The first kappa shape index (κ1) is 16.6. The minimum atomic E-state index is -3.22. The third-order valence-electron chi connectivity index (χ3n) is 3.64. The van der Waals surface area contributed by atoms with Crippen LogP contribution in [0.2, 0.25) is 0 Å². The van der Waals surface area contributed by atoms with Gasteiger partial charge in [0.05, 0.1) is 5.75 Å². The van der Waals surface area contributed by atoms with Crippen LogP contribution in [0.1, 0.15) is 18.1 Å². The molecule has 2 rings (SSSR count). The van der Waals surface area contributed by atoms with Crippen molar-refractivity contribution < 1.29 is 8.42 Å². The predicted octanol–water partition coefficient (Wildman–Crippen LogP) is 2.52. The summed E-state index contributed by atoms with van der Waals surface area (Å²) >= 11 is 0. The predicted molar refractivity (Wildman–Crippen MR) is 89.1 cm³/mol. The van der Waals surface area contributed by atoms with Crippen molar-refractivity contribution in [2.24, 2.45) is 0 Å². The summed E-state index contributed by atoms with van der Waals surface area (Å²) in [6.45, 7) is 2.90. The Balaban J connectivity index is 1.93. The maximum atomic E-state index is 12.5. The molecule has 0 bridgehead atoms. The lowest BCUT2D eigenvalue weighted by atomic mass is 10.2. The fourth-order valence-corrected chi connectivity index (χ4v) is 3.83. The van der Waals surface area contributed by atoms with Crippen LogP contribution in [0.15, 0.2) is 54.9 Å². The largest absolute Gasteiger partial charge is 0.265 e. The van der Waals surface area contributed by atoms with Crippen LogP contribution >= 0.6 is 0 Å². The van der Waals surface area contributed by atoms with Gasteiger partial charge in [-0.25, -0.2) is 12.7 Å². The first-order valence-electron chi connectivity index (χ1n) is 7.52. The molecular weight excluding hydrogens is 296 g/mol. The Morgan fingerprint density at radius 2 is 1.59 bits per heavy atom. The molecule has 22 heavy (non-hydrogen) atoms. The van der Waals surface area contributed by atoms with Gasteiger partial charge in [0.15, 0.2) is 0 Å². The van der Waals surface area contributed by atoms with Crippen molar-refractivity contribution in [2.45, 2.75) is 19.8 Å². The Morgan fingerprint density at radius 1 is 0.955 bits per heavy atom. The lowest BCUT2D eigenvalue weighted by molar-refractivity contribution is 0.431. The van der Waals surface area contributed by atoms with Crippen LogP contribution in [0.4, 0.5) is 0 Å². The molecule has 4 nitrogen and oxygen atoms in total. The molecule has 0 aliphatic rings. The number of aryl methyl sites for hydroxylation is 1. The molecule has 5 heteroatoms. The van der Waals surface area contributed by atoms with E-state index in [0.717, 1.165) is 11.1 Å². The van der Waals surface area contributed by atoms with Gasteiger partial charge >= 0.3 is 0 Å². The molecule has 0 amide bonds. The molecule has 0 radical (unpaired) electrons. The van der Waals surface area contributed by atoms with Crippen LogP contribution < -0.4 is 0 Å². The van der Waals surface area contributed by atoms with Crippen LogP contribution in [0.25, 0.3) is 0 Å². The number of likely N-dealkylation sites (N-methyl/N-ethyl adjacent to an activating group) is 1. The van der Waals surface area contributed by atoms with Gasteiger partial charge in [-0.2, -0.15) is 0 Å². The molecule has 1 heterocycles. The third kappa shape index (κ3) is 4.93. The van der Waals surface area contributed by atoms with Crippen molar-refractivity contribution >= 4 is 10.0 Å². The minimum Gasteiger partial charge on any atom is -0.265 e. The van der Waals surface area contributed by atoms with Gasteiger partial charge in [-0.3, -0.25) is 4.98 Å². The van der Waals surface area contributed by atoms with Crippen molar-refractivity contribution in [3.8, 4) is 0 Å². The summed E-state index contributed by atoms with van der Waals surface area (Å²) in [6, 6.07) is 13.6. The molecule has 0 atom stereocenters. The van der Waals surface area contributed by atoms with Crippen LogP contribution in [0.3, 0.4) is 0 Å². The molecule has 0 saturated heterocycles. The van der Waals surface area contributed by atoms with Gasteiger partial charge in [0.1, 0.15) is 0 Å². The van der Waals surface area contributed by atoms with E-state index >= 15 is 0 Å². The van der Waals surface area contributed by atoms with Crippen molar-refractivity contribution in [3.05, 3.63) is 66.0 Å². The Morgan fingerprint density at radius 3 is 2.23 bits per heavy atom. The zero-order chi connectivity index (χ0) is 15.8. The average molecular weight is 318 g/mol. The molecule has 1 aromatic heterocycles. The molecule has 2 aromatic rings. The van der Waals surface area contributed by atoms with E-state index in [-0.39, 0.29) is 5.75 Å². The molecule has 0 aliphatic carbocycles. The van der Waals surface area contributed by atoms with E-state index in [2.05, 4.69) is 4.98 Å². The second kappa shape index (κ2) is 8.06. The fraction of sp³-hybridized carbons (Fsp3) is 0.353. The number of nitrogens with zero attached hydrogens (tertiary/aromatic N) is 2. The summed E-state index contributed by atoms with van der Waals surface area (Å²) in [6.07, 6.45) is 4.72. The Labute approximate surface area is 132 Å². The van der Waals surface area contributed by atoms with Gasteiger partial charge in [0.2, 0.25) is 10.0 Å². The van der Waals surface area contributed by atoms with E-state index < -0.39 is 10.0 Å². The maximum Gasteiger partial charge on any atom is 0.214 e. The highest BCUT2D eigenvalue weighted by molar-refractivity contribution is 7.89. The van der Waals surface area contributed by atoms with Gasteiger partial charge in [-0.15, -0.1) is 0 Å². The summed E-state index contributed by atoms with van der Waals surface area (Å²) in [5.41, 5.74) is 2.16. The summed E-state index contributed by atoms with van der Waals surface area (Å²) in [5, 5.41) is 0. The van der Waals surface area contributed by atoms with E-state index in [1.807, 2.05) is 49.4 Å². The standard InChI is InChI=1S/C17H22N2O2S/c1-2-19(14-10-17-8-12-18-13-9-17)22(20,21)15-11-16-6-4-3-5-7-16/h3-9,12-13H,2,10-11,14-15H2,1H3. The SMILES string of the molecule is CCN(CCc1ccncc1)S(=O)(=O)CCc1ccccc1. The lowest BCUT2D eigenvalue weighted by Crippen LogP contribution is -2.35. The van der Waals surface area contributed by atoms with Gasteiger partial charge < -0.3 is 0 Å². The molecule has 0 unspecified atom stereocenters. The molecule has 0 aliphatic heterocycles. The fourth-order valence-electron chi connectivity index (χ4n) is 2.32. The second-order valence-electron chi connectivity index (χ2n) is 5.15. The summed E-state index contributed by atoms with van der Waals surface area (Å²) in [4.78, 5) is 3.97. The van der Waals surface area contributed by atoms with Crippen LogP contribution in [-0.2, 0) is 22.9 Å². The van der Waals surface area contributed by atoms with Gasteiger partial charge in [0, 0.05) is 25.5 Å². The first-order valence-corrected chi connectivity index (χ1v) is 9.13. The zero-order valence-corrected chi connectivity index (χ0v) is 13.7. The topological polar surface area (TPSA) is 50.3 Å². The number of benzene rings is 1. The highest BCUT2D eigenvalue weighted by Crippen LogP contribution is 2.08. The highest BCUT2D eigenvalue weighted by atomic mass is 32.2. The molecule has 0 spiro atoms. The van der Waals surface area contributed by atoms with Crippen molar-refractivity contribution in [2.75, 3.05) is 18.8 Å². The molecule has 118 valence electrons. The summed E-state index contributed by atoms with van der Waals surface area (Å²) < 4.78 is 26.5. The Kier molecular flexibility index (Phi) is 6.10. The van der Waals surface area contributed by atoms with E-state index in [1.54, 1.807) is 16.7 Å². The molecule has 0 fully saturated rings. The average Bonchev–Trinajstić information content (AvgIpc) is 2.55. The molecule has 0 N–H and O–H groups in total. The number of rotatable bonds is 8. The third-order valence-corrected chi connectivity index (χ3v) is 5.58. The number of hydrogen-bond acceptors (Lipinski definition) is 3. The Bertz CT molecular complexity index is 658. The molecule has 0 saturated carbocycles. The van der Waals surface area contributed by atoms with E-state index in [4.69, 9.17) is 0 Å². The number of pyridine rings is 1. The highest BCUT2D eigenvalue weighted by Gasteiger charge is 2.19. The number of sulfonamides is 1. The van der Waals surface area contributed by atoms with Gasteiger partial charge in [-0.1, -0.05) is 37.3 Å². The van der Waals surface area contributed by atoms with Crippen molar-refractivity contribution in [1.29, 1.82) is 0 Å². The van der Waals surface area contributed by atoms with Crippen molar-refractivity contribution in [1.82, 2.24) is 9.29 Å². The lowest BCUT2D eigenvalue weighted by Gasteiger charge is -2.20. The molecule has 1 aromatic carbocycles. The van der Waals surface area contributed by atoms with Gasteiger partial charge in [-0.05, 0) is 36.1 Å². The van der Waals surface area contributed by atoms with Crippen LogP contribution in [0.5, 0.6) is 0 Å². The number of aromatic nitrogens is 1. The van der Waals surface area contributed by atoms with Crippen molar-refractivity contribution in [3.63, 3.8) is 0 Å². The second-order valence-corrected chi connectivity index (χ2v) is 7.24. The summed E-state index contributed by atoms with van der Waals surface area (Å²) in [5.74, 6) is 0.154. The van der Waals surface area contributed by atoms with E-state index in [1.165, 1.54) is 0 Å². The summed E-state index contributed by atoms with van der Waals surface area (Å²) in [7, 11) is -3.22. The zero-order valence-electron chi connectivity index (χ0n) is 12.9. The van der Waals surface area contributed by atoms with Crippen LogP contribution in [0, 0.1) is 0 Å². The van der Waals surface area contributed by atoms with Gasteiger partial charge in [0.25, 0.3) is 0 Å². The van der Waals surface area contributed by atoms with E-state index in [9.17, 15) is 8.42 Å². The Hall–Kier alpha value is -1.72. The smallest absolute Gasteiger partial charge is 0.214 e. The first-order chi connectivity index (χ1) is 10.6. The number of hydrogen-bond donors (Lipinski definition) is 0. The monoisotopic (exact) mass is 318 g/mol. The maximum absolute atomic E-state index is 12.5. The minimum absolute atomic E-state index is 0.154. The molecular formula is C17H22N2O2S. The van der Waals surface area contributed by atoms with E-state index in [0.29, 0.717) is 25.9 Å². The quantitative estimate of drug-likeness (QED) is 0.751. The normalized spacial score (nSPS) is 11.7. The van der Waals surface area contributed by atoms with Crippen LogP contribution in [-0.4, -0.2) is 36.5 Å².